The molecule has 94 valence electrons. The molecule has 0 unspecified atom stereocenters. The number of rotatable bonds is 5. The Morgan fingerprint density at radius 2 is 2.24 bits per heavy atom. The third-order valence-electron chi connectivity index (χ3n) is 2.57. The standard InChI is InChI=1S/C12H17BrN2O2/c1-12(2,4-5-13)8-15-11(17)9-7-14-6-3-10(9)16/h3,6-7H,4-5,8H2,1-2H3,(H,14,16)(H,15,17). The van der Waals surface area contributed by atoms with E-state index in [1.54, 1.807) is 0 Å². The lowest BCUT2D eigenvalue weighted by Crippen LogP contribution is -2.36. The first-order valence-electron chi connectivity index (χ1n) is 5.47. The molecule has 1 rings (SSSR count). The van der Waals surface area contributed by atoms with Crippen molar-refractivity contribution >= 4 is 21.8 Å². The number of H-pyrrole nitrogens is 1. The number of nitrogens with one attached hydrogen (secondary N) is 2. The highest BCUT2D eigenvalue weighted by Crippen LogP contribution is 2.19. The zero-order chi connectivity index (χ0) is 12.9. The minimum atomic E-state index is -0.325. The van der Waals surface area contributed by atoms with E-state index in [-0.39, 0.29) is 22.3 Å². The van der Waals surface area contributed by atoms with Crippen molar-refractivity contribution < 1.29 is 4.79 Å². The van der Waals surface area contributed by atoms with Gasteiger partial charge >= 0.3 is 0 Å². The van der Waals surface area contributed by atoms with Gasteiger partial charge in [0.1, 0.15) is 5.56 Å². The normalized spacial score (nSPS) is 11.2. The fourth-order valence-electron chi connectivity index (χ4n) is 1.35. The summed E-state index contributed by atoms with van der Waals surface area (Å²) in [6, 6.07) is 1.35. The van der Waals surface area contributed by atoms with E-state index in [9.17, 15) is 9.59 Å². The van der Waals surface area contributed by atoms with E-state index in [1.807, 2.05) is 0 Å². The first-order chi connectivity index (χ1) is 7.96. The Labute approximate surface area is 109 Å². The second-order valence-electron chi connectivity index (χ2n) is 4.71. The Hall–Kier alpha value is -1.10. The largest absolute Gasteiger partial charge is 0.367 e. The van der Waals surface area contributed by atoms with Crippen LogP contribution >= 0.6 is 15.9 Å². The van der Waals surface area contributed by atoms with Crippen molar-refractivity contribution in [1.29, 1.82) is 0 Å². The van der Waals surface area contributed by atoms with E-state index >= 15 is 0 Å². The highest BCUT2D eigenvalue weighted by atomic mass is 79.9. The maximum atomic E-state index is 11.8. The number of aromatic amines is 1. The van der Waals surface area contributed by atoms with Gasteiger partial charge in [-0.15, -0.1) is 0 Å². The van der Waals surface area contributed by atoms with Crippen LogP contribution in [0.15, 0.2) is 23.3 Å². The maximum absolute atomic E-state index is 11.8. The smallest absolute Gasteiger partial charge is 0.256 e. The molecule has 0 fully saturated rings. The number of halogens is 1. The summed E-state index contributed by atoms with van der Waals surface area (Å²) in [5, 5.41) is 3.68. The molecule has 0 aromatic carbocycles. The molecule has 0 atom stereocenters. The summed E-state index contributed by atoms with van der Waals surface area (Å²) in [5.41, 5.74) is -0.0950. The van der Waals surface area contributed by atoms with E-state index < -0.39 is 0 Å². The molecule has 1 amide bonds. The molecule has 2 N–H and O–H groups in total. The molecular weight excluding hydrogens is 284 g/mol. The SMILES string of the molecule is CC(C)(CCBr)CNC(=O)c1c[nH]ccc1=O. The van der Waals surface area contributed by atoms with Crippen LogP contribution in [-0.2, 0) is 0 Å². The van der Waals surface area contributed by atoms with Crippen molar-refractivity contribution in [2.45, 2.75) is 20.3 Å². The van der Waals surface area contributed by atoms with E-state index in [2.05, 4.69) is 40.1 Å². The number of alkyl halides is 1. The van der Waals surface area contributed by atoms with Gasteiger partial charge in [0.25, 0.3) is 5.91 Å². The fraction of sp³-hybridized carbons (Fsp3) is 0.500. The van der Waals surface area contributed by atoms with E-state index in [0.717, 1.165) is 11.8 Å². The van der Waals surface area contributed by atoms with Crippen molar-refractivity contribution in [3.63, 3.8) is 0 Å². The van der Waals surface area contributed by atoms with Crippen molar-refractivity contribution in [3.8, 4) is 0 Å². The molecule has 0 aliphatic heterocycles. The van der Waals surface area contributed by atoms with Gasteiger partial charge in [-0.25, -0.2) is 0 Å². The Balaban J connectivity index is 2.63. The van der Waals surface area contributed by atoms with E-state index in [1.165, 1.54) is 18.5 Å². The van der Waals surface area contributed by atoms with Gasteiger partial charge in [0, 0.05) is 30.3 Å². The summed E-state index contributed by atoms with van der Waals surface area (Å²) in [5.74, 6) is -0.325. The lowest BCUT2D eigenvalue weighted by Gasteiger charge is -2.23. The number of carbonyl (C=O) groups is 1. The molecule has 0 aliphatic rings. The summed E-state index contributed by atoms with van der Waals surface area (Å²) in [6.45, 7) is 4.69. The van der Waals surface area contributed by atoms with Crippen molar-refractivity contribution in [2.75, 3.05) is 11.9 Å². The summed E-state index contributed by atoms with van der Waals surface area (Å²) in [6.07, 6.45) is 3.89. The summed E-state index contributed by atoms with van der Waals surface area (Å²) in [4.78, 5) is 25.9. The Kier molecular flexibility index (Phi) is 4.93. The van der Waals surface area contributed by atoms with Crippen LogP contribution in [-0.4, -0.2) is 22.8 Å². The van der Waals surface area contributed by atoms with Crippen LogP contribution in [0.3, 0.4) is 0 Å². The van der Waals surface area contributed by atoms with E-state index in [4.69, 9.17) is 0 Å². The molecule has 1 aromatic heterocycles. The summed E-state index contributed by atoms with van der Waals surface area (Å²) in [7, 11) is 0. The van der Waals surface area contributed by atoms with Gasteiger partial charge in [-0.05, 0) is 11.8 Å². The molecule has 0 aliphatic carbocycles. The molecule has 5 heteroatoms. The number of carbonyl (C=O) groups excluding carboxylic acids is 1. The molecule has 0 spiro atoms. The Bertz CT molecular complexity index is 440. The third-order valence-corrected chi connectivity index (χ3v) is 2.96. The molecule has 4 nitrogen and oxygen atoms in total. The quantitative estimate of drug-likeness (QED) is 0.816. The highest BCUT2D eigenvalue weighted by Gasteiger charge is 2.19. The Morgan fingerprint density at radius 1 is 1.53 bits per heavy atom. The van der Waals surface area contributed by atoms with Crippen LogP contribution in [0.2, 0.25) is 0 Å². The topological polar surface area (TPSA) is 62.0 Å². The van der Waals surface area contributed by atoms with Crippen LogP contribution in [0, 0.1) is 5.41 Å². The lowest BCUT2D eigenvalue weighted by atomic mass is 9.90. The second-order valence-corrected chi connectivity index (χ2v) is 5.50. The fourth-order valence-corrected chi connectivity index (χ4v) is 2.43. The molecule has 0 saturated carbocycles. The summed E-state index contributed by atoms with van der Waals surface area (Å²) >= 11 is 3.38. The number of hydrogen-bond donors (Lipinski definition) is 2. The van der Waals surface area contributed by atoms with Crippen LogP contribution in [0.5, 0.6) is 0 Å². The van der Waals surface area contributed by atoms with E-state index in [0.29, 0.717) is 6.54 Å². The van der Waals surface area contributed by atoms with Crippen molar-refractivity contribution in [1.82, 2.24) is 10.3 Å². The minimum Gasteiger partial charge on any atom is -0.367 e. The average molecular weight is 301 g/mol. The van der Waals surface area contributed by atoms with Crippen molar-refractivity contribution in [2.24, 2.45) is 5.41 Å². The van der Waals surface area contributed by atoms with Gasteiger partial charge in [0.2, 0.25) is 0 Å². The molecule has 0 bridgehead atoms. The first-order valence-corrected chi connectivity index (χ1v) is 6.60. The molecular formula is C12H17BrN2O2. The molecule has 0 radical (unpaired) electrons. The zero-order valence-corrected chi connectivity index (χ0v) is 11.6. The predicted molar refractivity (Wildman–Crippen MR) is 71.6 cm³/mol. The number of hydrogen-bond acceptors (Lipinski definition) is 2. The highest BCUT2D eigenvalue weighted by molar-refractivity contribution is 9.09. The third kappa shape index (κ3) is 4.34. The minimum absolute atomic E-state index is 0.0146. The van der Waals surface area contributed by atoms with Gasteiger partial charge in [0.15, 0.2) is 5.43 Å². The lowest BCUT2D eigenvalue weighted by molar-refractivity contribution is 0.0934. The first kappa shape index (κ1) is 14.0. The molecule has 17 heavy (non-hydrogen) atoms. The summed E-state index contributed by atoms with van der Waals surface area (Å²) < 4.78 is 0. The maximum Gasteiger partial charge on any atom is 0.256 e. The van der Waals surface area contributed by atoms with Crippen LogP contribution in [0.1, 0.15) is 30.6 Å². The van der Waals surface area contributed by atoms with Gasteiger partial charge in [0.05, 0.1) is 0 Å². The molecule has 0 saturated heterocycles. The van der Waals surface area contributed by atoms with Gasteiger partial charge in [-0.3, -0.25) is 9.59 Å². The number of amides is 1. The Morgan fingerprint density at radius 3 is 2.82 bits per heavy atom. The van der Waals surface area contributed by atoms with Gasteiger partial charge in [-0.2, -0.15) is 0 Å². The zero-order valence-electron chi connectivity index (χ0n) is 10.0. The van der Waals surface area contributed by atoms with Gasteiger partial charge < -0.3 is 10.3 Å². The van der Waals surface area contributed by atoms with Crippen LogP contribution in [0.4, 0.5) is 0 Å². The number of aromatic nitrogens is 1. The van der Waals surface area contributed by atoms with Crippen LogP contribution in [0.25, 0.3) is 0 Å². The molecule has 1 heterocycles. The number of pyridine rings is 1. The monoisotopic (exact) mass is 300 g/mol. The second kappa shape index (κ2) is 6.00. The van der Waals surface area contributed by atoms with Crippen LogP contribution < -0.4 is 10.7 Å². The molecule has 1 aromatic rings. The van der Waals surface area contributed by atoms with Gasteiger partial charge in [-0.1, -0.05) is 29.8 Å². The van der Waals surface area contributed by atoms with Crippen molar-refractivity contribution in [3.05, 3.63) is 34.2 Å². The average Bonchev–Trinajstić information content (AvgIpc) is 2.27. The predicted octanol–water partition coefficient (Wildman–Crippen LogP) is 1.92.